The molecule has 2 aliphatic rings. The molecule has 8 heteroatoms. The Morgan fingerprint density at radius 3 is 2.68 bits per heavy atom. The molecule has 1 amide bonds. The molecule has 3 rings (SSSR count). The zero-order chi connectivity index (χ0) is 19.9. The van der Waals surface area contributed by atoms with Gasteiger partial charge in [0, 0.05) is 33.3 Å². The van der Waals surface area contributed by atoms with Crippen molar-refractivity contribution in [1.29, 1.82) is 0 Å². The fourth-order valence-corrected chi connectivity index (χ4v) is 3.67. The molecule has 0 N–H and O–H groups in total. The van der Waals surface area contributed by atoms with E-state index < -0.39 is 0 Å². The second-order valence-electron chi connectivity index (χ2n) is 6.46. The predicted octanol–water partition coefficient (Wildman–Crippen LogP) is 2.09. The quantitative estimate of drug-likeness (QED) is 0.409. The van der Waals surface area contributed by atoms with Crippen molar-refractivity contribution >= 4 is 28.9 Å². The van der Waals surface area contributed by atoms with Gasteiger partial charge in [-0.25, -0.2) is 0 Å². The van der Waals surface area contributed by atoms with Crippen molar-refractivity contribution in [3.05, 3.63) is 34.4 Å². The number of carbonyl (C=O) groups excluding carboxylic acids is 1. The fourth-order valence-electron chi connectivity index (χ4n) is 2.80. The third-order valence-electron chi connectivity index (χ3n) is 4.46. The first-order valence-electron chi connectivity index (χ1n) is 9.11. The zero-order valence-electron chi connectivity index (χ0n) is 16.4. The van der Waals surface area contributed by atoms with E-state index in [1.807, 2.05) is 18.2 Å². The molecule has 1 aromatic rings. The van der Waals surface area contributed by atoms with Crippen LogP contribution in [0.25, 0.3) is 6.08 Å². The van der Waals surface area contributed by atoms with Gasteiger partial charge < -0.3 is 24.0 Å². The summed E-state index contributed by atoms with van der Waals surface area (Å²) in [5.41, 5.74) is 3.95. The summed E-state index contributed by atoms with van der Waals surface area (Å²) in [6.45, 7) is 4.67. The van der Waals surface area contributed by atoms with Crippen LogP contribution in [0.5, 0.6) is 11.5 Å². The number of amidine groups is 1. The van der Waals surface area contributed by atoms with E-state index in [0.717, 1.165) is 36.9 Å². The number of benzene rings is 1. The second kappa shape index (κ2) is 9.80. The number of thioether (sulfide) groups is 1. The van der Waals surface area contributed by atoms with Crippen molar-refractivity contribution in [3.8, 4) is 11.5 Å². The molecule has 0 saturated carbocycles. The Bertz CT molecular complexity index is 810. The summed E-state index contributed by atoms with van der Waals surface area (Å²) in [7, 11) is 5.32. The summed E-state index contributed by atoms with van der Waals surface area (Å²) < 4.78 is 16.0. The van der Waals surface area contributed by atoms with Crippen molar-refractivity contribution in [2.24, 2.45) is 4.99 Å². The first-order valence-corrected chi connectivity index (χ1v) is 9.93. The van der Waals surface area contributed by atoms with Gasteiger partial charge in [-0.2, -0.15) is 4.99 Å². The van der Waals surface area contributed by atoms with Gasteiger partial charge in [0.1, 0.15) is 11.5 Å². The Morgan fingerprint density at radius 1 is 1.18 bits per heavy atom. The highest BCUT2D eigenvalue weighted by molar-refractivity contribution is 8.18. The fraction of sp³-hybridized carbons (Fsp3) is 0.450. The Hall–Kier alpha value is -2.25. The topological polar surface area (TPSA) is 63.6 Å². The first-order chi connectivity index (χ1) is 13.6. The van der Waals surface area contributed by atoms with Gasteiger partial charge in [0.25, 0.3) is 5.91 Å². The summed E-state index contributed by atoms with van der Waals surface area (Å²) >= 11 is 1.38. The molecule has 7 nitrogen and oxygen atoms in total. The molecule has 0 atom stereocenters. The van der Waals surface area contributed by atoms with Crippen molar-refractivity contribution in [3.63, 3.8) is 0 Å². The van der Waals surface area contributed by atoms with Crippen LogP contribution in [0.1, 0.15) is 5.56 Å². The predicted molar refractivity (Wildman–Crippen MR) is 111 cm³/mol. The Balaban J connectivity index is 1.69. The van der Waals surface area contributed by atoms with E-state index in [9.17, 15) is 4.79 Å². The summed E-state index contributed by atoms with van der Waals surface area (Å²) in [6, 6.07) is 5.58. The summed E-state index contributed by atoms with van der Waals surface area (Å²) in [5.74, 6) is 1.04. The summed E-state index contributed by atoms with van der Waals surface area (Å²) in [5, 5.41) is 0.772. The standard InChI is InChI=1S/C20H25N3O4S/c1-22-8-10-23(11-9-22)20-21-19(24)18(28-20)7-5-15-4-6-16(17(14-15)26-3)27-13-12-25-2/h4-6,14H,8-13H2,1-3H3. The van der Waals surface area contributed by atoms with Crippen LogP contribution in [0.15, 0.2) is 33.8 Å². The SMILES string of the molecule is COCCOc1ccc(C=C=C2SC(N3CCN(C)CC3)=NC2=O)cc1OC. The molecule has 0 radical (unpaired) electrons. The molecular formula is C20H25N3O4S. The van der Waals surface area contributed by atoms with E-state index in [4.69, 9.17) is 14.2 Å². The number of methoxy groups -OCH3 is 2. The molecule has 150 valence electrons. The zero-order valence-corrected chi connectivity index (χ0v) is 17.3. The maximum atomic E-state index is 12.2. The molecule has 0 bridgehead atoms. The highest BCUT2D eigenvalue weighted by atomic mass is 32.2. The maximum Gasteiger partial charge on any atom is 0.294 e. The van der Waals surface area contributed by atoms with Crippen LogP contribution >= 0.6 is 11.8 Å². The first kappa shape index (κ1) is 20.5. The summed E-state index contributed by atoms with van der Waals surface area (Å²) in [4.78, 5) is 21.3. The number of hydrogen-bond donors (Lipinski definition) is 0. The Kier molecular flexibility index (Phi) is 7.17. The van der Waals surface area contributed by atoms with Gasteiger partial charge in [0.15, 0.2) is 16.7 Å². The number of piperazine rings is 1. The smallest absolute Gasteiger partial charge is 0.294 e. The van der Waals surface area contributed by atoms with Crippen LogP contribution < -0.4 is 9.47 Å². The van der Waals surface area contributed by atoms with Gasteiger partial charge in [-0.3, -0.25) is 4.79 Å². The van der Waals surface area contributed by atoms with Crippen LogP contribution in [-0.2, 0) is 9.53 Å². The van der Waals surface area contributed by atoms with Gasteiger partial charge >= 0.3 is 0 Å². The van der Waals surface area contributed by atoms with Crippen LogP contribution in [0.4, 0.5) is 0 Å². The van der Waals surface area contributed by atoms with E-state index in [0.29, 0.717) is 29.6 Å². The number of hydrogen-bond acceptors (Lipinski definition) is 7. The minimum Gasteiger partial charge on any atom is -0.493 e. The number of likely N-dealkylation sites (N-methyl/N-ethyl adjacent to an activating group) is 1. The van der Waals surface area contributed by atoms with Gasteiger partial charge in [-0.15, -0.1) is 0 Å². The highest BCUT2D eigenvalue weighted by Crippen LogP contribution is 2.30. The molecular weight excluding hydrogens is 378 g/mol. The molecule has 28 heavy (non-hydrogen) atoms. The molecule has 1 saturated heterocycles. The third-order valence-corrected chi connectivity index (χ3v) is 5.49. The van der Waals surface area contributed by atoms with E-state index in [-0.39, 0.29) is 5.91 Å². The molecule has 0 unspecified atom stereocenters. The van der Waals surface area contributed by atoms with Crippen LogP contribution in [-0.4, -0.2) is 81.5 Å². The van der Waals surface area contributed by atoms with Crippen LogP contribution in [0.3, 0.4) is 0 Å². The average Bonchev–Trinajstić information content (AvgIpc) is 3.08. The molecule has 2 aliphatic heterocycles. The van der Waals surface area contributed by atoms with E-state index in [1.54, 1.807) is 20.3 Å². The lowest BCUT2D eigenvalue weighted by Gasteiger charge is -2.32. The van der Waals surface area contributed by atoms with Crippen LogP contribution in [0, 0.1) is 0 Å². The molecule has 2 heterocycles. The number of carbonyl (C=O) groups is 1. The third kappa shape index (κ3) is 5.17. The molecule has 0 aromatic heterocycles. The maximum absolute atomic E-state index is 12.2. The highest BCUT2D eigenvalue weighted by Gasteiger charge is 2.27. The Labute approximate surface area is 169 Å². The molecule has 1 fully saturated rings. The van der Waals surface area contributed by atoms with Crippen molar-refractivity contribution in [1.82, 2.24) is 9.80 Å². The van der Waals surface area contributed by atoms with Gasteiger partial charge in [-0.1, -0.05) is 11.8 Å². The lowest BCUT2D eigenvalue weighted by atomic mass is 10.2. The Morgan fingerprint density at radius 2 is 1.96 bits per heavy atom. The van der Waals surface area contributed by atoms with Gasteiger partial charge in [0.2, 0.25) is 0 Å². The largest absolute Gasteiger partial charge is 0.493 e. The average molecular weight is 404 g/mol. The number of ether oxygens (including phenoxy) is 3. The van der Waals surface area contributed by atoms with Gasteiger partial charge in [-0.05, 0) is 42.6 Å². The normalized spacial score (nSPS) is 17.4. The van der Waals surface area contributed by atoms with Crippen molar-refractivity contribution in [2.45, 2.75) is 0 Å². The monoisotopic (exact) mass is 403 g/mol. The van der Waals surface area contributed by atoms with Gasteiger partial charge in [0.05, 0.1) is 13.7 Å². The minimum absolute atomic E-state index is 0.235. The van der Waals surface area contributed by atoms with E-state index >= 15 is 0 Å². The number of aliphatic imine (C=N–C) groups is 1. The van der Waals surface area contributed by atoms with E-state index in [2.05, 4.69) is 27.6 Å². The second-order valence-corrected chi connectivity index (χ2v) is 7.44. The van der Waals surface area contributed by atoms with Crippen molar-refractivity contribution in [2.75, 3.05) is 60.7 Å². The number of amides is 1. The molecule has 1 aromatic carbocycles. The van der Waals surface area contributed by atoms with Crippen LogP contribution in [0.2, 0.25) is 0 Å². The van der Waals surface area contributed by atoms with E-state index in [1.165, 1.54) is 11.8 Å². The summed E-state index contributed by atoms with van der Waals surface area (Å²) in [6.07, 6.45) is 1.77. The number of rotatable bonds is 6. The minimum atomic E-state index is -0.235. The lowest BCUT2D eigenvalue weighted by molar-refractivity contribution is -0.113. The molecule has 0 aliphatic carbocycles. The van der Waals surface area contributed by atoms with Crippen molar-refractivity contribution < 1.29 is 19.0 Å². The lowest BCUT2D eigenvalue weighted by Crippen LogP contribution is -2.46. The number of nitrogens with zero attached hydrogens (tertiary/aromatic N) is 3. The molecule has 0 spiro atoms.